The van der Waals surface area contributed by atoms with E-state index in [0.29, 0.717) is 28.0 Å². The SMILES string of the molecule is CCOC(=O)c1c(-c2cccc(OC)c2)csc1NC(=S)Nc1ccccc1. The van der Waals surface area contributed by atoms with Gasteiger partial charge in [-0.25, -0.2) is 4.79 Å². The van der Waals surface area contributed by atoms with Gasteiger partial charge in [0, 0.05) is 16.6 Å². The summed E-state index contributed by atoms with van der Waals surface area (Å²) in [6.45, 7) is 2.07. The summed E-state index contributed by atoms with van der Waals surface area (Å²) in [4.78, 5) is 12.7. The molecule has 0 saturated carbocycles. The summed E-state index contributed by atoms with van der Waals surface area (Å²) in [5.74, 6) is 0.320. The normalized spacial score (nSPS) is 10.2. The maximum atomic E-state index is 12.7. The molecule has 1 aromatic heterocycles. The smallest absolute Gasteiger partial charge is 0.341 e. The number of anilines is 2. The third kappa shape index (κ3) is 4.68. The van der Waals surface area contributed by atoms with E-state index in [2.05, 4.69) is 10.6 Å². The van der Waals surface area contributed by atoms with Crippen molar-refractivity contribution in [3.63, 3.8) is 0 Å². The molecule has 0 spiro atoms. The Bertz CT molecular complexity index is 971. The molecule has 28 heavy (non-hydrogen) atoms. The first-order valence-electron chi connectivity index (χ1n) is 8.68. The second-order valence-corrected chi connectivity index (χ2v) is 7.04. The summed E-state index contributed by atoms with van der Waals surface area (Å²) in [7, 11) is 1.61. The average molecular weight is 413 g/mol. The number of para-hydroxylation sites is 1. The van der Waals surface area contributed by atoms with Crippen molar-refractivity contribution in [1.29, 1.82) is 0 Å². The maximum Gasteiger partial charge on any atom is 0.341 e. The molecule has 0 bridgehead atoms. The summed E-state index contributed by atoms with van der Waals surface area (Å²) in [6, 6.07) is 17.1. The number of esters is 1. The van der Waals surface area contributed by atoms with Crippen LogP contribution in [0.5, 0.6) is 5.75 Å². The fourth-order valence-electron chi connectivity index (χ4n) is 2.65. The number of benzene rings is 2. The fourth-order valence-corrected chi connectivity index (χ4v) is 3.89. The number of thiophene rings is 1. The lowest BCUT2D eigenvalue weighted by Gasteiger charge is -2.12. The van der Waals surface area contributed by atoms with E-state index in [4.69, 9.17) is 21.7 Å². The minimum absolute atomic E-state index is 0.290. The highest BCUT2D eigenvalue weighted by Gasteiger charge is 2.22. The summed E-state index contributed by atoms with van der Waals surface area (Å²) in [5, 5.41) is 9.17. The Hall–Kier alpha value is -2.90. The molecule has 1 heterocycles. The molecule has 0 unspecified atom stereocenters. The van der Waals surface area contributed by atoms with Gasteiger partial charge in [-0.3, -0.25) is 0 Å². The van der Waals surface area contributed by atoms with E-state index < -0.39 is 5.97 Å². The van der Waals surface area contributed by atoms with Crippen LogP contribution in [-0.2, 0) is 4.74 Å². The van der Waals surface area contributed by atoms with E-state index in [0.717, 1.165) is 16.8 Å². The zero-order chi connectivity index (χ0) is 19.9. The Morgan fingerprint density at radius 1 is 1.11 bits per heavy atom. The Kier molecular flexibility index (Phi) is 6.62. The standard InChI is InChI=1S/C21H20N2O3S2/c1-3-26-20(24)18-17(14-8-7-11-16(12-14)25-2)13-28-19(18)23-21(27)22-15-9-5-4-6-10-15/h4-13H,3H2,1-2H3,(H2,22,23,27). The van der Waals surface area contributed by atoms with Gasteiger partial charge < -0.3 is 20.1 Å². The third-order valence-electron chi connectivity index (χ3n) is 3.91. The van der Waals surface area contributed by atoms with Crippen molar-refractivity contribution in [2.24, 2.45) is 0 Å². The van der Waals surface area contributed by atoms with E-state index in [-0.39, 0.29) is 0 Å². The lowest BCUT2D eigenvalue weighted by Crippen LogP contribution is -2.20. The minimum Gasteiger partial charge on any atom is -0.497 e. The fraction of sp³-hybridized carbons (Fsp3) is 0.143. The van der Waals surface area contributed by atoms with Crippen LogP contribution in [0.2, 0.25) is 0 Å². The average Bonchev–Trinajstić information content (AvgIpc) is 3.12. The van der Waals surface area contributed by atoms with E-state index in [1.807, 2.05) is 60.0 Å². The molecular weight excluding hydrogens is 392 g/mol. The highest BCUT2D eigenvalue weighted by Crippen LogP contribution is 2.37. The van der Waals surface area contributed by atoms with Crippen LogP contribution >= 0.6 is 23.6 Å². The molecule has 2 N–H and O–H groups in total. The third-order valence-corrected chi connectivity index (χ3v) is 5.01. The topological polar surface area (TPSA) is 59.6 Å². The first-order valence-corrected chi connectivity index (χ1v) is 9.97. The van der Waals surface area contributed by atoms with Gasteiger partial charge in [0.15, 0.2) is 5.11 Å². The molecule has 0 amide bonds. The van der Waals surface area contributed by atoms with Crippen molar-refractivity contribution >= 4 is 45.3 Å². The zero-order valence-corrected chi connectivity index (χ0v) is 17.2. The second-order valence-electron chi connectivity index (χ2n) is 5.75. The molecule has 0 aliphatic heterocycles. The number of carbonyl (C=O) groups excluding carboxylic acids is 1. The first-order chi connectivity index (χ1) is 13.6. The van der Waals surface area contributed by atoms with Gasteiger partial charge in [0.05, 0.1) is 13.7 Å². The Balaban J connectivity index is 1.91. The quantitative estimate of drug-likeness (QED) is 0.417. The summed E-state index contributed by atoms with van der Waals surface area (Å²) >= 11 is 6.80. The van der Waals surface area contributed by atoms with Gasteiger partial charge in [-0.15, -0.1) is 11.3 Å². The zero-order valence-electron chi connectivity index (χ0n) is 15.5. The molecule has 0 atom stereocenters. The van der Waals surface area contributed by atoms with Crippen molar-refractivity contribution in [1.82, 2.24) is 0 Å². The number of carbonyl (C=O) groups is 1. The molecule has 5 nitrogen and oxygen atoms in total. The number of thiocarbonyl (C=S) groups is 1. The molecule has 0 saturated heterocycles. The molecule has 7 heteroatoms. The number of ether oxygens (including phenoxy) is 2. The number of nitrogens with one attached hydrogen (secondary N) is 2. The van der Waals surface area contributed by atoms with E-state index >= 15 is 0 Å². The van der Waals surface area contributed by atoms with Crippen LogP contribution in [0.1, 0.15) is 17.3 Å². The Morgan fingerprint density at radius 2 is 1.89 bits per heavy atom. The van der Waals surface area contributed by atoms with Crippen molar-refractivity contribution < 1.29 is 14.3 Å². The first kappa shape index (κ1) is 19.9. The molecule has 3 aromatic rings. The summed E-state index contributed by atoms with van der Waals surface area (Å²) < 4.78 is 10.6. The van der Waals surface area contributed by atoms with Gasteiger partial charge in [-0.2, -0.15) is 0 Å². The molecular formula is C21H20N2O3S2. The largest absolute Gasteiger partial charge is 0.497 e. The van der Waals surface area contributed by atoms with Gasteiger partial charge in [-0.1, -0.05) is 30.3 Å². The van der Waals surface area contributed by atoms with Gasteiger partial charge in [-0.05, 0) is 49.0 Å². The number of rotatable bonds is 6. The maximum absolute atomic E-state index is 12.7. The van der Waals surface area contributed by atoms with Crippen molar-refractivity contribution in [2.75, 3.05) is 24.4 Å². The highest BCUT2D eigenvalue weighted by molar-refractivity contribution is 7.80. The van der Waals surface area contributed by atoms with Crippen molar-refractivity contribution in [3.8, 4) is 16.9 Å². The van der Waals surface area contributed by atoms with Gasteiger partial charge in [0.1, 0.15) is 16.3 Å². The predicted molar refractivity (Wildman–Crippen MR) is 119 cm³/mol. The molecule has 0 aliphatic carbocycles. The van der Waals surface area contributed by atoms with Crippen LogP contribution in [0.3, 0.4) is 0 Å². The van der Waals surface area contributed by atoms with Gasteiger partial charge in [0.2, 0.25) is 0 Å². The monoisotopic (exact) mass is 412 g/mol. The van der Waals surface area contributed by atoms with Crippen LogP contribution in [-0.4, -0.2) is 24.8 Å². The second kappa shape index (κ2) is 9.34. The minimum atomic E-state index is -0.397. The molecule has 2 aromatic carbocycles. The van der Waals surface area contributed by atoms with Crippen LogP contribution < -0.4 is 15.4 Å². The number of hydrogen-bond acceptors (Lipinski definition) is 5. The van der Waals surface area contributed by atoms with E-state index in [1.54, 1.807) is 14.0 Å². The van der Waals surface area contributed by atoms with E-state index in [1.165, 1.54) is 11.3 Å². The van der Waals surface area contributed by atoms with Gasteiger partial charge >= 0.3 is 5.97 Å². The lowest BCUT2D eigenvalue weighted by molar-refractivity contribution is 0.0529. The van der Waals surface area contributed by atoms with Crippen molar-refractivity contribution in [3.05, 3.63) is 65.5 Å². The molecule has 0 aliphatic rings. The van der Waals surface area contributed by atoms with E-state index in [9.17, 15) is 4.79 Å². The molecule has 0 fully saturated rings. The summed E-state index contributed by atoms with van der Waals surface area (Å²) in [6.07, 6.45) is 0. The lowest BCUT2D eigenvalue weighted by atomic mass is 10.0. The Morgan fingerprint density at radius 3 is 2.61 bits per heavy atom. The van der Waals surface area contributed by atoms with Crippen LogP contribution in [0.4, 0.5) is 10.7 Å². The molecule has 144 valence electrons. The number of hydrogen-bond donors (Lipinski definition) is 2. The Labute approximate surface area is 173 Å². The van der Waals surface area contributed by atoms with Crippen molar-refractivity contribution in [2.45, 2.75) is 6.92 Å². The highest BCUT2D eigenvalue weighted by atomic mass is 32.1. The molecule has 0 radical (unpaired) electrons. The van der Waals surface area contributed by atoms with Crippen LogP contribution in [0, 0.1) is 0 Å². The number of methoxy groups -OCH3 is 1. The van der Waals surface area contributed by atoms with Crippen LogP contribution in [0.15, 0.2) is 60.0 Å². The summed E-state index contributed by atoms with van der Waals surface area (Å²) in [5.41, 5.74) is 2.96. The van der Waals surface area contributed by atoms with Gasteiger partial charge in [0.25, 0.3) is 0 Å². The molecule has 3 rings (SSSR count). The van der Waals surface area contributed by atoms with Crippen LogP contribution in [0.25, 0.3) is 11.1 Å². The predicted octanol–water partition coefficient (Wildman–Crippen LogP) is 5.41.